The molecule has 3 aromatic rings. The van der Waals surface area contributed by atoms with Crippen molar-refractivity contribution in [1.29, 1.82) is 0 Å². The fraction of sp³-hybridized carbons (Fsp3) is 0.556. The Hall–Kier alpha value is -4.24. The Morgan fingerprint density at radius 3 is 1.86 bits per heavy atom. The molecule has 0 radical (unpaired) electrons. The van der Waals surface area contributed by atoms with E-state index in [1.165, 1.54) is 22.0 Å². The highest BCUT2D eigenvalue weighted by Gasteiger charge is 2.30. The monoisotopic (exact) mass is 791 g/mol. The third kappa shape index (κ3) is 7.92. The van der Waals surface area contributed by atoms with E-state index in [0.29, 0.717) is 96.0 Å². The maximum Gasteiger partial charge on any atom is 0.263 e. The number of rotatable bonds is 14. The summed E-state index contributed by atoms with van der Waals surface area (Å²) < 4.78 is 14.0. The minimum absolute atomic E-state index is 0.145. The molecule has 9 rings (SSSR count). The average Bonchev–Trinajstić information content (AvgIpc) is 3.97. The van der Waals surface area contributed by atoms with Gasteiger partial charge in [0.05, 0.1) is 54.7 Å². The fourth-order valence-electron chi connectivity index (χ4n) is 9.83. The lowest BCUT2D eigenvalue weighted by Crippen LogP contribution is -2.40. The second-order valence-corrected chi connectivity index (χ2v) is 16.7. The van der Waals surface area contributed by atoms with Gasteiger partial charge in [-0.05, 0) is 99.6 Å². The molecule has 6 heterocycles. The summed E-state index contributed by atoms with van der Waals surface area (Å²) in [6, 6.07) is 12.0. The summed E-state index contributed by atoms with van der Waals surface area (Å²) in [5.41, 5.74) is 2.34. The summed E-state index contributed by atoms with van der Waals surface area (Å²) in [5.74, 6) is -0.145. The van der Waals surface area contributed by atoms with Gasteiger partial charge in [-0.2, -0.15) is 0 Å². The standard InChI is InChI=1S/C45H57N7O6/c53-42-35-29-34(33-9-5-8-32(28-33)31-50-13-3-4-14-50)40-38-36(43(54)51(44(40)55)17-6-15-48-20-24-57-25-21-48)30-37(46-10-19-47-11-1-2-12-47)41(39(35)38)45(56)52(42)18-7-16-49-22-26-58-27-23-49/h5,8-9,28-30,53H,1-4,6-7,10-27,31H2. The van der Waals surface area contributed by atoms with Crippen molar-refractivity contribution >= 4 is 21.5 Å². The number of aromatic hydroxyl groups is 1. The number of ether oxygens (including phenoxy) is 2. The first kappa shape index (κ1) is 39.2. The maximum atomic E-state index is 15.0. The Bertz CT molecular complexity index is 2420. The molecule has 1 N–H and O–H groups in total. The predicted molar refractivity (Wildman–Crippen MR) is 227 cm³/mol. The molecule has 58 heavy (non-hydrogen) atoms. The van der Waals surface area contributed by atoms with Gasteiger partial charge in [0.25, 0.3) is 16.7 Å². The highest BCUT2D eigenvalue weighted by atomic mass is 16.5. The van der Waals surface area contributed by atoms with Crippen LogP contribution in [-0.4, -0.2) is 139 Å². The molecule has 1 aliphatic carbocycles. The summed E-state index contributed by atoms with van der Waals surface area (Å²) in [5, 5.41) is 14.3. The quantitative estimate of drug-likeness (QED) is 0.168. The van der Waals surface area contributed by atoms with Crippen LogP contribution >= 0.6 is 0 Å². The molecule has 1 aromatic heterocycles. The van der Waals surface area contributed by atoms with Crippen molar-refractivity contribution in [2.45, 2.75) is 58.2 Å². The van der Waals surface area contributed by atoms with Crippen LogP contribution in [0.4, 0.5) is 0 Å². The zero-order chi connectivity index (χ0) is 39.6. The van der Waals surface area contributed by atoms with E-state index in [1.54, 1.807) is 6.07 Å². The van der Waals surface area contributed by atoms with Gasteiger partial charge in [-0.3, -0.25) is 43.2 Å². The lowest BCUT2D eigenvalue weighted by molar-refractivity contribution is 0.0368. The fourth-order valence-corrected chi connectivity index (χ4v) is 9.83. The smallest absolute Gasteiger partial charge is 0.263 e. The molecule has 0 saturated carbocycles. The Morgan fingerprint density at radius 1 is 0.586 bits per heavy atom. The lowest BCUT2D eigenvalue weighted by atomic mass is 9.86. The molecule has 0 spiro atoms. The van der Waals surface area contributed by atoms with Crippen LogP contribution in [0.3, 0.4) is 0 Å². The zero-order valence-corrected chi connectivity index (χ0v) is 33.8. The Kier molecular flexibility index (Phi) is 11.9. The number of likely N-dealkylation sites (tertiary alicyclic amines) is 2. The van der Waals surface area contributed by atoms with Gasteiger partial charge in [-0.1, -0.05) is 18.2 Å². The number of morpholine rings is 2. The van der Waals surface area contributed by atoms with Crippen molar-refractivity contribution in [2.24, 2.45) is 4.99 Å². The van der Waals surface area contributed by atoms with Crippen molar-refractivity contribution in [1.82, 2.24) is 28.7 Å². The lowest BCUT2D eigenvalue weighted by Gasteiger charge is -2.27. The molecule has 6 aliphatic rings. The van der Waals surface area contributed by atoms with Crippen molar-refractivity contribution < 1.29 is 14.6 Å². The number of aromatic nitrogens is 2. The summed E-state index contributed by atoms with van der Waals surface area (Å²) >= 11 is 0. The summed E-state index contributed by atoms with van der Waals surface area (Å²) in [4.78, 5) is 59.0. The first-order valence-corrected chi connectivity index (χ1v) is 21.7. The molecule has 0 atom stereocenters. The average molecular weight is 792 g/mol. The number of nitrogens with zero attached hydrogens (tertiary/aromatic N) is 7. The van der Waals surface area contributed by atoms with E-state index in [0.717, 1.165) is 103 Å². The van der Waals surface area contributed by atoms with Gasteiger partial charge >= 0.3 is 0 Å². The molecule has 4 fully saturated rings. The van der Waals surface area contributed by atoms with Crippen LogP contribution in [-0.2, 0) is 29.1 Å². The molecule has 13 heteroatoms. The molecule has 308 valence electrons. The van der Waals surface area contributed by atoms with Crippen molar-refractivity contribution in [3.63, 3.8) is 0 Å². The van der Waals surface area contributed by atoms with Crippen LogP contribution < -0.4 is 22.0 Å². The maximum absolute atomic E-state index is 15.0. The van der Waals surface area contributed by atoms with Crippen LogP contribution in [0.25, 0.3) is 43.8 Å². The van der Waals surface area contributed by atoms with Gasteiger partial charge in [0, 0.05) is 81.8 Å². The van der Waals surface area contributed by atoms with Gasteiger partial charge in [0.2, 0.25) is 5.88 Å². The normalized spacial score (nSPS) is 19.6. The Morgan fingerprint density at radius 2 is 1.19 bits per heavy atom. The molecule has 0 unspecified atom stereocenters. The van der Waals surface area contributed by atoms with E-state index in [9.17, 15) is 19.5 Å². The van der Waals surface area contributed by atoms with Crippen LogP contribution in [0, 0.1) is 0 Å². The molecule has 13 nitrogen and oxygen atoms in total. The van der Waals surface area contributed by atoms with Crippen LogP contribution in [0.5, 0.6) is 5.88 Å². The summed E-state index contributed by atoms with van der Waals surface area (Å²) in [7, 11) is 0. The molecule has 4 saturated heterocycles. The minimum Gasteiger partial charge on any atom is -0.494 e. The molecule has 0 amide bonds. The van der Waals surface area contributed by atoms with Crippen molar-refractivity contribution in [2.75, 3.05) is 105 Å². The van der Waals surface area contributed by atoms with Crippen LogP contribution in [0.1, 0.15) is 44.1 Å². The van der Waals surface area contributed by atoms with Crippen molar-refractivity contribution in [3.05, 3.63) is 78.4 Å². The second-order valence-electron chi connectivity index (χ2n) is 16.7. The van der Waals surface area contributed by atoms with Gasteiger partial charge in [-0.15, -0.1) is 0 Å². The topological polar surface area (TPSA) is 125 Å². The third-order valence-corrected chi connectivity index (χ3v) is 12.9. The van der Waals surface area contributed by atoms with Gasteiger partial charge in [-0.25, -0.2) is 0 Å². The first-order valence-electron chi connectivity index (χ1n) is 21.7. The van der Waals surface area contributed by atoms with Crippen LogP contribution in [0.2, 0.25) is 0 Å². The van der Waals surface area contributed by atoms with Crippen LogP contribution in [0.15, 0.2) is 55.8 Å². The van der Waals surface area contributed by atoms with Crippen molar-refractivity contribution in [3.8, 4) is 28.1 Å². The first-order chi connectivity index (χ1) is 28.4. The number of hydrogen-bond acceptors (Lipinski definition) is 11. The molecule has 2 aromatic carbocycles. The number of benzene rings is 3. The molecule has 0 bridgehead atoms. The van der Waals surface area contributed by atoms with Gasteiger partial charge in [0.1, 0.15) is 0 Å². The number of pyridine rings is 2. The van der Waals surface area contributed by atoms with E-state index in [-0.39, 0.29) is 29.1 Å². The van der Waals surface area contributed by atoms with E-state index >= 15 is 0 Å². The summed E-state index contributed by atoms with van der Waals surface area (Å²) in [6.45, 7) is 14.4. The van der Waals surface area contributed by atoms with Gasteiger partial charge in [0.15, 0.2) is 0 Å². The highest BCUT2D eigenvalue weighted by molar-refractivity contribution is 6.19. The van der Waals surface area contributed by atoms with E-state index < -0.39 is 0 Å². The van der Waals surface area contributed by atoms with Gasteiger partial charge < -0.3 is 19.5 Å². The summed E-state index contributed by atoms with van der Waals surface area (Å²) in [6.07, 6.45) is 6.00. The Balaban J connectivity index is 1.23. The molecular weight excluding hydrogens is 735 g/mol. The zero-order valence-electron chi connectivity index (χ0n) is 33.8. The van der Waals surface area contributed by atoms with E-state index in [2.05, 4.69) is 31.7 Å². The SMILES string of the molecule is O=c1c2c(=NCCN3CCCC3)cc3c(=O)n(CCCN4CCOCC4)c(=O)c4c(-c5cccc(CN6CCCC6)c5)cc(c(O)n1CCCN1CCOCC1)c2c4-3. The number of hydrogen-bond donors (Lipinski definition) is 1. The largest absolute Gasteiger partial charge is 0.494 e. The molecular formula is C45H57N7O6. The second kappa shape index (κ2) is 17.5. The Labute approximate surface area is 338 Å². The predicted octanol–water partition coefficient (Wildman–Crippen LogP) is 3.07. The van der Waals surface area contributed by atoms with E-state index in [1.807, 2.05) is 18.2 Å². The molecule has 5 aliphatic heterocycles. The minimum atomic E-state index is -0.382. The highest BCUT2D eigenvalue weighted by Crippen LogP contribution is 2.42. The third-order valence-electron chi connectivity index (χ3n) is 12.9. The van der Waals surface area contributed by atoms with E-state index in [4.69, 9.17) is 14.5 Å².